The van der Waals surface area contributed by atoms with Crippen LogP contribution in [0, 0.1) is 17.7 Å². The molecule has 2 aliphatic carbocycles. The van der Waals surface area contributed by atoms with E-state index in [1.165, 1.54) is 12.5 Å². The van der Waals surface area contributed by atoms with Crippen LogP contribution in [0.2, 0.25) is 0 Å². The summed E-state index contributed by atoms with van der Waals surface area (Å²) in [6, 6.07) is 4.98. The highest BCUT2D eigenvalue weighted by Crippen LogP contribution is 2.39. The molecule has 22 heavy (non-hydrogen) atoms. The number of halogens is 3. The third-order valence-electron chi connectivity index (χ3n) is 4.86. The van der Waals surface area contributed by atoms with Crippen molar-refractivity contribution in [2.75, 3.05) is 0 Å². The summed E-state index contributed by atoms with van der Waals surface area (Å²) in [6.45, 7) is 0. The molecule has 2 atom stereocenters. The van der Waals surface area contributed by atoms with E-state index in [0.29, 0.717) is 16.3 Å². The highest BCUT2D eigenvalue weighted by molar-refractivity contribution is 9.10. The molecule has 2 fully saturated rings. The minimum absolute atomic E-state index is 0. The van der Waals surface area contributed by atoms with Gasteiger partial charge in [0.05, 0.1) is 5.56 Å². The Bertz CT molecular complexity index is 523. The molecule has 1 amide bonds. The van der Waals surface area contributed by atoms with Crippen LogP contribution in [0.5, 0.6) is 0 Å². The largest absolute Gasteiger partial charge is 0.349 e. The second-order valence-electron chi connectivity index (χ2n) is 6.28. The number of carbonyl (C=O) groups excluding carboxylic acids is 1. The van der Waals surface area contributed by atoms with E-state index in [1.807, 2.05) is 0 Å². The number of carbonyl (C=O) groups is 1. The minimum atomic E-state index is -0.487. The zero-order valence-electron chi connectivity index (χ0n) is 12.2. The molecule has 1 aromatic rings. The fraction of sp³-hybridized carbons (Fsp3) is 0.562. The van der Waals surface area contributed by atoms with Crippen molar-refractivity contribution in [2.24, 2.45) is 17.6 Å². The Balaban J connectivity index is 0.00000176. The minimum Gasteiger partial charge on any atom is -0.349 e. The van der Waals surface area contributed by atoms with Crippen molar-refractivity contribution in [3.8, 4) is 0 Å². The van der Waals surface area contributed by atoms with Gasteiger partial charge in [-0.25, -0.2) is 4.39 Å². The molecule has 3 nitrogen and oxygen atoms in total. The maximum atomic E-state index is 13.9. The Kier molecular flexibility index (Phi) is 5.86. The smallest absolute Gasteiger partial charge is 0.255 e. The van der Waals surface area contributed by atoms with Crippen molar-refractivity contribution in [2.45, 2.75) is 44.2 Å². The summed E-state index contributed by atoms with van der Waals surface area (Å²) >= 11 is 3.26. The van der Waals surface area contributed by atoms with Crippen LogP contribution in [0.3, 0.4) is 0 Å². The molecule has 2 saturated carbocycles. The van der Waals surface area contributed by atoms with Crippen LogP contribution in [-0.4, -0.2) is 18.0 Å². The molecular formula is C16H21BrClFN2O. The molecule has 2 unspecified atom stereocenters. The number of rotatable bonds is 2. The van der Waals surface area contributed by atoms with Crippen molar-refractivity contribution < 1.29 is 9.18 Å². The lowest BCUT2D eigenvalue weighted by atomic mass is 9.67. The van der Waals surface area contributed by atoms with Gasteiger partial charge in [-0.3, -0.25) is 4.79 Å². The summed E-state index contributed by atoms with van der Waals surface area (Å²) in [6.07, 6.45) is 5.33. The molecule has 2 aliphatic rings. The van der Waals surface area contributed by atoms with Crippen LogP contribution in [0.25, 0.3) is 0 Å². The van der Waals surface area contributed by atoms with E-state index < -0.39 is 5.82 Å². The SMILES string of the molecule is Cl.NC1CC2CCCC(C1)C2NC(=O)c1c(F)cccc1Br. The van der Waals surface area contributed by atoms with Gasteiger partial charge >= 0.3 is 0 Å². The normalized spacial score (nSPS) is 30.3. The predicted octanol–water partition coefficient (Wildman–Crippen LogP) is 3.65. The quantitative estimate of drug-likeness (QED) is 0.808. The highest BCUT2D eigenvalue weighted by Gasteiger charge is 2.40. The topological polar surface area (TPSA) is 55.1 Å². The van der Waals surface area contributed by atoms with Gasteiger partial charge < -0.3 is 11.1 Å². The summed E-state index contributed by atoms with van der Waals surface area (Å²) in [5.41, 5.74) is 6.20. The van der Waals surface area contributed by atoms with Gasteiger partial charge in [0.15, 0.2) is 0 Å². The van der Waals surface area contributed by atoms with Gasteiger partial charge in [-0.1, -0.05) is 12.5 Å². The molecule has 0 heterocycles. The van der Waals surface area contributed by atoms with E-state index in [4.69, 9.17) is 5.73 Å². The fourth-order valence-electron chi connectivity index (χ4n) is 3.96. The van der Waals surface area contributed by atoms with Crippen LogP contribution in [0.4, 0.5) is 4.39 Å². The van der Waals surface area contributed by atoms with Crippen LogP contribution < -0.4 is 11.1 Å². The number of amides is 1. The van der Waals surface area contributed by atoms with Gasteiger partial charge in [0.2, 0.25) is 0 Å². The maximum absolute atomic E-state index is 13.9. The molecule has 2 bridgehead atoms. The van der Waals surface area contributed by atoms with Crippen molar-refractivity contribution in [1.29, 1.82) is 0 Å². The Hall–Kier alpha value is -0.650. The molecule has 3 rings (SSSR count). The van der Waals surface area contributed by atoms with Crippen molar-refractivity contribution in [1.82, 2.24) is 5.32 Å². The molecule has 0 radical (unpaired) electrons. The monoisotopic (exact) mass is 390 g/mol. The van der Waals surface area contributed by atoms with Crippen LogP contribution in [0.1, 0.15) is 42.5 Å². The Morgan fingerprint density at radius 1 is 1.27 bits per heavy atom. The van der Waals surface area contributed by atoms with Gasteiger partial charge in [-0.2, -0.15) is 0 Å². The molecule has 0 spiro atoms. The first-order valence-electron chi connectivity index (χ1n) is 7.56. The molecule has 3 N–H and O–H groups in total. The fourth-order valence-corrected chi connectivity index (χ4v) is 4.49. The average Bonchev–Trinajstić information content (AvgIpc) is 2.39. The summed E-state index contributed by atoms with van der Waals surface area (Å²) in [4.78, 5) is 12.5. The Labute approximate surface area is 144 Å². The van der Waals surface area contributed by atoms with Crippen LogP contribution in [-0.2, 0) is 0 Å². The summed E-state index contributed by atoms with van der Waals surface area (Å²) < 4.78 is 14.4. The van der Waals surface area contributed by atoms with Crippen molar-refractivity contribution in [3.63, 3.8) is 0 Å². The first-order chi connectivity index (χ1) is 10.1. The predicted molar refractivity (Wildman–Crippen MR) is 90.6 cm³/mol. The van der Waals surface area contributed by atoms with Crippen LogP contribution in [0.15, 0.2) is 22.7 Å². The summed E-state index contributed by atoms with van der Waals surface area (Å²) in [5, 5.41) is 3.07. The van der Waals surface area contributed by atoms with Crippen LogP contribution >= 0.6 is 28.3 Å². The first-order valence-corrected chi connectivity index (χ1v) is 8.36. The zero-order chi connectivity index (χ0) is 15.0. The van der Waals surface area contributed by atoms with Crippen molar-refractivity contribution >= 4 is 34.2 Å². The van der Waals surface area contributed by atoms with E-state index in [1.54, 1.807) is 12.1 Å². The number of benzene rings is 1. The van der Waals surface area contributed by atoms with E-state index in [2.05, 4.69) is 21.2 Å². The van der Waals surface area contributed by atoms with Gasteiger partial charge in [0, 0.05) is 16.6 Å². The Morgan fingerprint density at radius 3 is 2.50 bits per heavy atom. The summed E-state index contributed by atoms with van der Waals surface area (Å²) in [5.74, 6) is 0.0564. The van der Waals surface area contributed by atoms with E-state index >= 15 is 0 Å². The maximum Gasteiger partial charge on any atom is 0.255 e. The first kappa shape index (κ1) is 17.7. The highest BCUT2D eigenvalue weighted by atomic mass is 79.9. The van der Waals surface area contributed by atoms with E-state index in [0.717, 1.165) is 25.7 Å². The molecule has 0 aromatic heterocycles. The third-order valence-corrected chi connectivity index (χ3v) is 5.52. The number of nitrogens with one attached hydrogen (secondary N) is 1. The lowest BCUT2D eigenvalue weighted by molar-refractivity contribution is 0.0752. The average molecular weight is 392 g/mol. The standard InChI is InChI=1S/C16H20BrFN2O.ClH/c17-12-5-2-6-13(18)14(12)16(21)20-15-9-3-1-4-10(15)8-11(19)7-9;/h2,5-6,9-11,15H,1,3-4,7-8,19H2,(H,20,21);1H. The second kappa shape index (κ2) is 7.28. The molecule has 0 saturated heterocycles. The van der Waals surface area contributed by atoms with E-state index in [-0.39, 0.29) is 36.0 Å². The number of nitrogens with two attached hydrogens (primary N) is 1. The second-order valence-corrected chi connectivity index (χ2v) is 7.13. The molecular weight excluding hydrogens is 371 g/mol. The molecule has 0 aliphatic heterocycles. The number of hydrogen-bond donors (Lipinski definition) is 2. The lowest BCUT2D eigenvalue weighted by Crippen LogP contribution is -2.53. The van der Waals surface area contributed by atoms with Gasteiger partial charge in [0.1, 0.15) is 5.82 Å². The van der Waals surface area contributed by atoms with E-state index in [9.17, 15) is 9.18 Å². The molecule has 122 valence electrons. The number of fused-ring (bicyclic) bond motifs is 2. The van der Waals surface area contributed by atoms with Gasteiger partial charge in [-0.05, 0) is 65.6 Å². The van der Waals surface area contributed by atoms with Gasteiger partial charge in [-0.15, -0.1) is 12.4 Å². The molecule has 6 heteroatoms. The van der Waals surface area contributed by atoms with Gasteiger partial charge in [0.25, 0.3) is 5.91 Å². The third kappa shape index (κ3) is 3.47. The van der Waals surface area contributed by atoms with Crippen molar-refractivity contribution in [3.05, 3.63) is 34.1 Å². The summed E-state index contributed by atoms with van der Waals surface area (Å²) in [7, 11) is 0. The zero-order valence-corrected chi connectivity index (χ0v) is 14.6. The lowest BCUT2D eigenvalue weighted by Gasteiger charge is -2.45. The number of hydrogen-bond acceptors (Lipinski definition) is 2. The molecule has 1 aromatic carbocycles. The Morgan fingerprint density at radius 2 is 1.91 bits per heavy atom.